The molecule has 0 saturated carbocycles. The summed E-state index contributed by atoms with van der Waals surface area (Å²) in [6.07, 6.45) is 0.122. The van der Waals surface area contributed by atoms with Crippen LogP contribution in [0.4, 0.5) is 0 Å². The van der Waals surface area contributed by atoms with Crippen LogP contribution in [0.2, 0.25) is 0 Å². The Morgan fingerprint density at radius 1 is 1.16 bits per heavy atom. The molecule has 0 aliphatic carbocycles. The van der Waals surface area contributed by atoms with Crippen molar-refractivity contribution in [1.29, 1.82) is 0 Å². The van der Waals surface area contributed by atoms with Gasteiger partial charge in [-0.2, -0.15) is 0 Å². The topological polar surface area (TPSA) is 40.6 Å². The first-order chi connectivity index (χ1) is 8.62. The Kier molecular flexibility index (Phi) is 3.71. The van der Waals surface area contributed by atoms with Crippen LogP contribution in [0, 0.1) is 6.92 Å². The van der Waals surface area contributed by atoms with Crippen LogP contribution < -0.4 is 9.51 Å². The number of hydrogen-bond acceptors (Lipinski definition) is 5. The number of aryl methyl sites for hydroxylation is 1. The number of thiazole rings is 1. The lowest BCUT2D eigenvalue weighted by atomic mass is 9.86. The number of ether oxygens (including phenoxy) is 1. The van der Waals surface area contributed by atoms with Crippen molar-refractivity contribution in [3.05, 3.63) is 5.69 Å². The third kappa shape index (κ3) is 2.80. The monoisotopic (exact) mass is 283 g/mol. The zero-order valence-electron chi connectivity index (χ0n) is 12.7. The smallest absolute Gasteiger partial charge is 0.467 e. The zero-order valence-corrected chi connectivity index (χ0v) is 13.6. The highest BCUT2D eigenvalue weighted by molar-refractivity contribution is 7.23. The highest BCUT2D eigenvalue weighted by Crippen LogP contribution is 2.37. The minimum absolute atomic E-state index is 0.122. The molecule has 1 fully saturated rings. The Hall–Kier alpha value is -0.585. The molecule has 4 nitrogen and oxygen atoms in total. The lowest BCUT2D eigenvalue weighted by molar-refractivity contribution is 0.00578. The molecule has 2 rings (SSSR count). The first-order valence-corrected chi connectivity index (χ1v) is 7.43. The third-order valence-corrected chi connectivity index (χ3v) is 4.69. The van der Waals surface area contributed by atoms with E-state index in [4.69, 9.17) is 14.0 Å². The zero-order chi connectivity index (χ0) is 14.4. The Bertz CT molecular complexity index is 454. The van der Waals surface area contributed by atoms with Gasteiger partial charge < -0.3 is 14.0 Å². The summed E-state index contributed by atoms with van der Waals surface area (Å²) in [7, 11) is -0.355. The number of aromatic nitrogens is 1. The Morgan fingerprint density at radius 3 is 2.16 bits per heavy atom. The predicted molar refractivity (Wildman–Crippen MR) is 78.3 cm³/mol. The van der Waals surface area contributed by atoms with Crippen LogP contribution in [0.5, 0.6) is 5.19 Å². The van der Waals surface area contributed by atoms with Crippen LogP contribution in [0.3, 0.4) is 0 Å². The molecule has 2 heterocycles. The molecule has 106 valence electrons. The molecule has 1 aliphatic rings. The molecule has 0 spiro atoms. The van der Waals surface area contributed by atoms with Crippen LogP contribution in [-0.4, -0.2) is 29.4 Å². The van der Waals surface area contributed by atoms with E-state index >= 15 is 0 Å². The van der Waals surface area contributed by atoms with Gasteiger partial charge in [0, 0.05) is 0 Å². The maximum absolute atomic E-state index is 6.04. The van der Waals surface area contributed by atoms with Crippen LogP contribution >= 0.6 is 11.3 Å². The van der Waals surface area contributed by atoms with Gasteiger partial charge in [0.1, 0.15) is 0 Å². The van der Waals surface area contributed by atoms with Gasteiger partial charge in [-0.25, -0.2) is 4.98 Å². The van der Waals surface area contributed by atoms with Gasteiger partial charge >= 0.3 is 7.12 Å². The molecule has 0 N–H and O–H groups in total. The summed E-state index contributed by atoms with van der Waals surface area (Å²) in [5.74, 6) is 0. The van der Waals surface area contributed by atoms with Gasteiger partial charge in [0.25, 0.3) is 5.19 Å². The Morgan fingerprint density at radius 2 is 1.68 bits per heavy atom. The molecule has 1 saturated heterocycles. The summed E-state index contributed by atoms with van der Waals surface area (Å²) >= 11 is 1.50. The lowest BCUT2D eigenvalue weighted by Crippen LogP contribution is -2.41. The van der Waals surface area contributed by atoms with Crippen molar-refractivity contribution >= 4 is 23.2 Å². The molecular formula is C13H22BNO3S. The molecule has 6 heteroatoms. The molecule has 0 unspecified atom stereocenters. The second-order valence-corrected chi connectivity index (χ2v) is 7.18. The summed E-state index contributed by atoms with van der Waals surface area (Å²) < 4.78 is 18.7. The minimum atomic E-state index is -0.355. The van der Waals surface area contributed by atoms with Gasteiger partial charge in [-0.3, -0.25) is 0 Å². The third-order valence-electron chi connectivity index (χ3n) is 3.62. The van der Waals surface area contributed by atoms with E-state index in [1.807, 2.05) is 20.8 Å². The predicted octanol–water partition coefficient (Wildman–Crippen LogP) is 2.54. The number of hydrogen-bond donors (Lipinski definition) is 0. The van der Waals surface area contributed by atoms with Gasteiger partial charge in [-0.1, -0.05) is 11.3 Å². The average molecular weight is 283 g/mol. The van der Waals surface area contributed by atoms with Gasteiger partial charge in [0.2, 0.25) is 0 Å². The van der Waals surface area contributed by atoms with E-state index in [2.05, 4.69) is 32.7 Å². The summed E-state index contributed by atoms with van der Waals surface area (Å²) in [5, 5.41) is 0.678. The highest BCUT2D eigenvalue weighted by Gasteiger charge is 2.53. The molecule has 1 aromatic rings. The first kappa shape index (κ1) is 14.8. The molecule has 0 atom stereocenters. The molecule has 1 aromatic heterocycles. The average Bonchev–Trinajstić information content (AvgIpc) is 2.64. The molecule has 0 radical (unpaired) electrons. The van der Waals surface area contributed by atoms with Crippen LogP contribution in [-0.2, 0) is 9.31 Å². The van der Waals surface area contributed by atoms with Gasteiger partial charge in [0.15, 0.2) is 0 Å². The van der Waals surface area contributed by atoms with Crippen molar-refractivity contribution < 1.29 is 14.0 Å². The molecule has 0 bridgehead atoms. The normalized spacial score (nSPS) is 21.2. The molecule has 19 heavy (non-hydrogen) atoms. The standard InChI is InChI=1S/C13H22BNO3S/c1-8(2)16-11-15-9(3)10(19-11)14-17-12(4,5)13(6,7)18-14/h8H,1-7H3. The van der Waals surface area contributed by atoms with Crippen molar-refractivity contribution in [3.8, 4) is 5.19 Å². The van der Waals surface area contributed by atoms with Crippen LogP contribution in [0.25, 0.3) is 0 Å². The minimum Gasteiger partial charge on any atom is -0.467 e. The molecule has 1 aliphatic heterocycles. The summed E-state index contributed by atoms with van der Waals surface area (Å²) in [4.78, 5) is 4.43. The Balaban J connectivity index is 2.22. The molecule has 0 aromatic carbocycles. The molecular weight excluding hydrogens is 261 g/mol. The van der Waals surface area contributed by atoms with Crippen molar-refractivity contribution in [1.82, 2.24) is 4.98 Å². The van der Waals surface area contributed by atoms with Crippen molar-refractivity contribution in [2.75, 3.05) is 0 Å². The second kappa shape index (κ2) is 4.75. The SMILES string of the molecule is Cc1nc(OC(C)C)sc1B1OC(C)(C)C(C)(C)O1. The van der Waals surface area contributed by atoms with Gasteiger partial charge in [0.05, 0.1) is 27.8 Å². The van der Waals surface area contributed by atoms with E-state index in [1.165, 1.54) is 11.3 Å². The summed E-state index contributed by atoms with van der Waals surface area (Å²) in [6, 6.07) is 0. The number of nitrogens with zero attached hydrogens (tertiary/aromatic N) is 1. The summed E-state index contributed by atoms with van der Waals surface area (Å²) in [6.45, 7) is 14.1. The van der Waals surface area contributed by atoms with Crippen LogP contribution in [0.15, 0.2) is 0 Å². The number of rotatable bonds is 3. The Labute approximate surface area is 119 Å². The fourth-order valence-corrected chi connectivity index (χ4v) is 2.80. The van der Waals surface area contributed by atoms with E-state index in [-0.39, 0.29) is 24.4 Å². The van der Waals surface area contributed by atoms with Crippen molar-refractivity contribution in [3.63, 3.8) is 0 Å². The van der Waals surface area contributed by atoms with Crippen molar-refractivity contribution in [2.45, 2.75) is 65.8 Å². The first-order valence-electron chi connectivity index (χ1n) is 6.62. The largest absolute Gasteiger partial charge is 0.507 e. The van der Waals surface area contributed by atoms with Gasteiger partial charge in [-0.05, 0) is 48.5 Å². The van der Waals surface area contributed by atoms with Gasteiger partial charge in [-0.15, -0.1) is 0 Å². The van der Waals surface area contributed by atoms with Crippen LogP contribution in [0.1, 0.15) is 47.2 Å². The van der Waals surface area contributed by atoms with Crippen molar-refractivity contribution in [2.24, 2.45) is 0 Å². The van der Waals surface area contributed by atoms with E-state index in [0.29, 0.717) is 5.19 Å². The van der Waals surface area contributed by atoms with E-state index in [9.17, 15) is 0 Å². The maximum atomic E-state index is 6.04. The highest BCUT2D eigenvalue weighted by atomic mass is 32.1. The second-order valence-electron chi connectivity index (χ2n) is 6.18. The van der Waals surface area contributed by atoms with E-state index in [1.54, 1.807) is 0 Å². The summed E-state index contributed by atoms with van der Waals surface area (Å²) in [5.41, 5.74) is 0.263. The fourth-order valence-electron chi connectivity index (χ4n) is 1.80. The quantitative estimate of drug-likeness (QED) is 0.799. The fraction of sp³-hybridized carbons (Fsp3) is 0.769. The lowest BCUT2D eigenvalue weighted by Gasteiger charge is -2.32. The van der Waals surface area contributed by atoms with E-state index < -0.39 is 0 Å². The molecule has 0 amide bonds. The van der Waals surface area contributed by atoms with E-state index in [0.717, 1.165) is 10.5 Å². The maximum Gasteiger partial charge on any atom is 0.507 e.